The topological polar surface area (TPSA) is 53.4 Å². The van der Waals surface area contributed by atoms with Crippen LogP contribution >= 0.6 is 11.3 Å². The number of aliphatic carboxylic acids is 1. The van der Waals surface area contributed by atoms with E-state index in [9.17, 15) is 4.79 Å². The molecule has 5 heteroatoms. The number of rotatable bonds is 4. The maximum Gasteiger partial charge on any atom is 0.303 e. The average molecular weight is 282 g/mol. The van der Waals surface area contributed by atoms with Crippen LogP contribution in [0.5, 0.6) is 0 Å². The third-order valence-corrected chi connectivity index (χ3v) is 4.51. The zero-order valence-corrected chi connectivity index (χ0v) is 12.7. The lowest BCUT2D eigenvalue weighted by Gasteiger charge is -2.17. The van der Waals surface area contributed by atoms with Gasteiger partial charge in [0, 0.05) is 23.4 Å². The molecule has 0 spiro atoms. The Morgan fingerprint density at radius 1 is 1.37 bits per heavy atom. The van der Waals surface area contributed by atoms with E-state index in [0.717, 1.165) is 28.8 Å². The predicted octanol–water partition coefficient (Wildman–Crippen LogP) is 3.06. The summed E-state index contributed by atoms with van der Waals surface area (Å²) in [6, 6.07) is 0. The van der Waals surface area contributed by atoms with Crippen LogP contribution in [-0.2, 0) is 16.6 Å². The largest absolute Gasteiger partial charge is 0.481 e. The molecular weight excluding hydrogens is 260 g/mol. The van der Waals surface area contributed by atoms with E-state index in [2.05, 4.69) is 25.7 Å². The van der Waals surface area contributed by atoms with Gasteiger partial charge in [-0.1, -0.05) is 20.8 Å². The molecule has 0 radical (unpaired) electrons. The van der Waals surface area contributed by atoms with E-state index in [1.165, 1.54) is 12.8 Å². The third kappa shape index (κ3) is 3.47. The molecule has 0 aliphatic carbocycles. The van der Waals surface area contributed by atoms with Gasteiger partial charge >= 0.3 is 5.97 Å². The SMILES string of the molecule is CC(C)(C)c1nc(N2CCCC2)sc1CCC(=O)O. The highest BCUT2D eigenvalue weighted by molar-refractivity contribution is 7.15. The summed E-state index contributed by atoms with van der Waals surface area (Å²) in [6.45, 7) is 8.57. The van der Waals surface area contributed by atoms with Gasteiger partial charge in [0.15, 0.2) is 5.13 Å². The molecule has 4 nitrogen and oxygen atoms in total. The molecule has 0 bridgehead atoms. The summed E-state index contributed by atoms with van der Waals surface area (Å²) in [4.78, 5) is 19.0. The van der Waals surface area contributed by atoms with E-state index in [-0.39, 0.29) is 11.8 Å². The fraction of sp³-hybridized carbons (Fsp3) is 0.714. The minimum absolute atomic E-state index is 0.0255. The van der Waals surface area contributed by atoms with E-state index < -0.39 is 5.97 Å². The van der Waals surface area contributed by atoms with Crippen molar-refractivity contribution in [1.82, 2.24) is 4.98 Å². The summed E-state index contributed by atoms with van der Waals surface area (Å²) in [5.41, 5.74) is 1.04. The van der Waals surface area contributed by atoms with E-state index in [1.807, 2.05) is 0 Å². The lowest BCUT2D eigenvalue weighted by molar-refractivity contribution is -0.136. The van der Waals surface area contributed by atoms with Crippen molar-refractivity contribution in [2.75, 3.05) is 18.0 Å². The second-order valence-electron chi connectivity index (χ2n) is 6.11. The maximum absolute atomic E-state index is 10.8. The molecule has 0 aromatic carbocycles. The monoisotopic (exact) mass is 282 g/mol. The van der Waals surface area contributed by atoms with Gasteiger partial charge in [-0.2, -0.15) is 0 Å². The summed E-state index contributed by atoms with van der Waals surface area (Å²) in [5.74, 6) is -0.740. The average Bonchev–Trinajstić information content (AvgIpc) is 2.94. The standard InChI is InChI=1S/C14H22N2O2S/c1-14(2,3)12-10(6-7-11(17)18)19-13(15-12)16-8-4-5-9-16/h4-9H2,1-3H3,(H,17,18). The van der Waals surface area contributed by atoms with Gasteiger partial charge in [-0.15, -0.1) is 11.3 Å². The minimum atomic E-state index is -0.740. The number of hydrogen-bond donors (Lipinski definition) is 1. The summed E-state index contributed by atoms with van der Waals surface area (Å²) < 4.78 is 0. The summed E-state index contributed by atoms with van der Waals surface area (Å²) >= 11 is 1.68. The molecule has 2 rings (SSSR count). The Bertz CT molecular complexity index is 457. The highest BCUT2D eigenvalue weighted by Crippen LogP contribution is 2.35. The molecule has 19 heavy (non-hydrogen) atoms. The van der Waals surface area contributed by atoms with Gasteiger partial charge in [-0.25, -0.2) is 4.98 Å². The summed E-state index contributed by atoms with van der Waals surface area (Å²) in [7, 11) is 0. The van der Waals surface area contributed by atoms with Crippen molar-refractivity contribution in [3.05, 3.63) is 10.6 Å². The van der Waals surface area contributed by atoms with Gasteiger partial charge in [-0.3, -0.25) is 4.79 Å². The van der Waals surface area contributed by atoms with E-state index in [0.29, 0.717) is 6.42 Å². The lowest BCUT2D eigenvalue weighted by Crippen LogP contribution is -2.19. The molecule has 1 aromatic heterocycles. The van der Waals surface area contributed by atoms with Crippen molar-refractivity contribution >= 4 is 22.4 Å². The molecule has 2 heterocycles. The Morgan fingerprint density at radius 3 is 2.53 bits per heavy atom. The molecule has 106 valence electrons. The first-order valence-electron chi connectivity index (χ1n) is 6.85. The predicted molar refractivity (Wildman–Crippen MR) is 78.2 cm³/mol. The molecule has 1 aliphatic rings. The Morgan fingerprint density at radius 2 is 2.00 bits per heavy atom. The Hall–Kier alpha value is -1.10. The van der Waals surface area contributed by atoms with E-state index in [4.69, 9.17) is 10.1 Å². The number of nitrogens with zero attached hydrogens (tertiary/aromatic N) is 2. The molecule has 0 saturated carbocycles. The summed E-state index contributed by atoms with van der Waals surface area (Å²) in [5, 5.41) is 9.93. The smallest absolute Gasteiger partial charge is 0.303 e. The molecule has 1 aliphatic heterocycles. The van der Waals surface area contributed by atoms with Crippen LogP contribution in [0.1, 0.15) is 50.6 Å². The molecule has 1 N–H and O–H groups in total. The molecule has 1 saturated heterocycles. The van der Waals surface area contributed by atoms with Gasteiger partial charge in [-0.05, 0) is 19.3 Å². The first-order chi connectivity index (χ1) is 8.88. The van der Waals surface area contributed by atoms with E-state index >= 15 is 0 Å². The van der Waals surface area contributed by atoms with Crippen LogP contribution in [-0.4, -0.2) is 29.1 Å². The maximum atomic E-state index is 10.8. The number of aryl methyl sites for hydroxylation is 1. The van der Waals surface area contributed by atoms with Gasteiger partial charge in [0.25, 0.3) is 0 Å². The number of aromatic nitrogens is 1. The minimum Gasteiger partial charge on any atom is -0.481 e. The molecule has 0 unspecified atom stereocenters. The van der Waals surface area contributed by atoms with Gasteiger partial charge in [0.1, 0.15) is 0 Å². The second-order valence-corrected chi connectivity index (χ2v) is 7.17. The number of carbonyl (C=O) groups is 1. The van der Waals surface area contributed by atoms with Crippen LogP contribution in [0.4, 0.5) is 5.13 Å². The zero-order valence-electron chi connectivity index (χ0n) is 11.9. The highest BCUT2D eigenvalue weighted by Gasteiger charge is 2.26. The Balaban J connectivity index is 2.25. The van der Waals surface area contributed by atoms with Crippen molar-refractivity contribution in [3.8, 4) is 0 Å². The number of hydrogen-bond acceptors (Lipinski definition) is 4. The number of carboxylic acids is 1. The number of thiazole rings is 1. The van der Waals surface area contributed by atoms with Crippen LogP contribution in [0.15, 0.2) is 0 Å². The highest BCUT2D eigenvalue weighted by atomic mass is 32.1. The Labute approximate surface area is 118 Å². The van der Waals surface area contributed by atoms with Crippen molar-refractivity contribution in [1.29, 1.82) is 0 Å². The lowest BCUT2D eigenvalue weighted by atomic mass is 9.90. The van der Waals surface area contributed by atoms with Crippen LogP contribution in [0, 0.1) is 0 Å². The number of anilines is 1. The van der Waals surface area contributed by atoms with Crippen LogP contribution < -0.4 is 4.90 Å². The molecule has 0 atom stereocenters. The first kappa shape index (κ1) is 14.3. The van der Waals surface area contributed by atoms with Gasteiger partial charge in [0.2, 0.25) is 0 Å². The molecule has 0 amide bonds. The summed E-state index contributed by atoms with van der Waals surface area (Å²) in [6.07, 6.45) is 3.24. The fourth-order valence-corrected chi connectivity index (χ4v) is 3.68. The molecular formula is C14H22N2O2S. The second kappa shape index (κ2) is 5.49. The Kier molecular flexibility index (Phi) is 4.13. The van der Waals surface area contributed by atoms with Crippen molar-refractivity contribution in [2.45, 2.75) is 51.9 Å². The normalized spacial score (nSPS) is 16.1. The quantitative estimate of drug-likeness (QED) is 0.922. The van der Waals surface area contributed by atoms with Gasteiger partial charge < -0.3 is 10.0 Å². The van der Waals surface area contributed by atoms with Crippen LogP contribution in [0.3, 0.4) is 0 Å². The van der Waals surface area contributed by atoms with Crippen molar-refractivity contribution in [2.24, 2.45) is 0 Å². The van der Waals surface area contributed by atoms with E-state index in [1.54, 1.807) is 11.3 Å². The third-order valence-electron chi connectivity index (χ3n) is 3.34. The van der Waals surface area contributed by atoms with Crippen LogP contribution in [0.25, 0.3) is 0 Å². The van der Waals surface area contributed by atoms with Crippen molar-refractivity contribution < 1.29 is 9.90 Å². The van der Waals surface area contributed by atoms with Gasteiger partial charge in [0.05, 0.1) is 12.1 Å². The first-order valence-corrected chi connectivity index (χ1v) is 7.66. The van der Waals surface area contributed by atoms with Crippen LogP contribution in [0.2, 0.25) is 0 Å². The number of carboxylic acid groups (broad SMARTS) is 1. The molecule has 1 fully saturated rings. The fourth-order valence-electron chi connectivity index (χ4n) is 2.36. The zero-order chi connectivity index (χ0) is 14.0. The van der Waals surface area contributed by atoms with Crippen molar-refractivity contribution in [3.63, 3.8) is 0 Å². The molecule has 1 aromatic rings.